The van der Waals surface area contributed by atoms with E-state index in [0.717, 1.165) is 17.4 Å². The minimum atomic E-state index is -3.38. The highest BCUT2D eigenvalue weighted by Gasteiger charge is 2.06. The number of nitrogen functional groups attached to an aromatic ring is 1. The van der Waals surface area contributed by atoms with Gasteiger partial charge in [0.25, 0.3) is 10.1 Å². The van der Waals surface area contributed by atoms with Gasteiger partial charge in [0.2, 0.25) is 0 Å². The molecular formula is C12H16N2O3S. The van der Waals surface area contributed by atoms with Gasteiger partial charge in [-0.25, -0.2) is 0 Å². The summed E-state index contributed by atoms with van der Waals surface area (Å²) in [6, 6.07) is 5.66. The molecule has 0 aliphatic heterocycles. The lowest BCUT2D eigenvalue weighted by molar-refractivity contribution is 0.316. The lowest BCUT2D eigenvalue weighted by Crippen LogP contribution is -2.05. The summed E-state index contributed by atoms with van der Waals surface area (Å²) in [6.45, 7) is 1.98. The summed E-state index contributed by atoms with van der Waals surface area (Å²) in [5.74, 6) is 0. The Morgan fingerprint density at radius 2 is 2.11 bits per heavy atom. The van der Waals surface area contributed by atoms with E-state index >= 15 is 0 Å². The molecule has 1 aromatic rings. The van der Waals surface area contributed by atoms with Gasteiger partial charge in [0.1, 0.15) is 6.07 Å². The quantitative estimate of drug-likeness (QED) is 0.494. The van der Waals surface area contributed by atoms with Crippen molar-refractivity contribution in [3.05, 3.63) is 28.8 Å². The zero-order valence-electron chi connectivity index (χ0n) is 10.4. The predicted octanol–water partition coefficient (Wildman–Crippen LogP) is 1.36. The smallest absolute Gasteiger partial charge is 0.264 e. The average molecular weight is 268 g/mol. The molecule has 0 bridgehead atoms. The summed E-state index contributed by atoms with van der Waals surface area (Å²) in [7, 11) is -3.38. The van der Waals surface area contributed by atoms with E-state index in [2.05, 4.69) is 4.18 Å². The van der Waals surface area contributed by atoms with Crippen LogP contribution in [0.2, 0.25) is 0 Å². The Balaban J connectivity index is 2.64. The summed E-state index contributed by atoms with van der Waals surface area (Å²) in [6.07, 6.45) is 2.24. The van der Waals surface area contributed by atoms with Crippen molar-refractivity contribution in [3.63, 3.8) is 0 Å². The number of nitriles is 1. The van der Waals surface area contributed by atoms with Crippen LogP contribution < -0.4 is 5.73 Å². The van der Waals surface area contributed by atoms with Gasteiger partial charge in [0.15, 0.2) is 0 Å². The van der Waals surface area contributed by atoms with Crippen LogP contribution in [-0.4, -0.2) is 21.3 Å². The van der Waals surface area contributed by atoms with Crippen LogP contribution in [0.1, 0.15) is 23.1 Å². The molecule has 2 N–H and O–H groups in total. The number of anilines is 1. The Hall–Kier alpha value is -1.58. The highest BCUT2D eigenvalue weighted by Crippen LogP contribution is 2.19. The molecule has 0 aliphatic carbocycles. The van der Waals surface area contributed by atoms with Gasteiger partial charge in [-0.3, -0.25) is 4.18 Å². The number of nitrogens with zero attached hydrogens (tertiary/aromatic N) is 1. The van der Waals surface area contributed by atoms with Gasteiger partial charge in [0.05, 0.1) is 24.1 Å². The first-order chi connectivity index (χ1) is 8.33. The molecule has 0 saturated carbocycles. The fourth-order valence-corrected chi connectivity index (χ4v) is 2.02. The molecule has 0 aromatic heterocycles. The van der Waals surface area contributed by atoms with E-state index in [4.69, 9.17) is 11.0 Å². The van der Waals surface area contributed by atoms with Crippen molar-refractivity contribution in [2.24, 2.45) is 0 Å². The Morgan fingerprint density at radius 3 is 2.67 bits per heavy atom. The molecule has 0 heterocycles. The normalized spacial score (nSPS) is 11.2. The second kappa shape index (κ2) is 5.85. The lowest BCUT2D eigenvalue weighted by Gasteiger charge is -2.07. The standard InChI is InChI=1S/C12H16N2O3S/c1-9-6-10(7-11(8-13)12(9)14)4-3-5-17-18(2,15)16/h6-7H,3-5,14H2,1-2H3. The van der Waals surface area contributed by atoms with Crippen LogP contribution in [0.25, 0.3) is 0 Å². The SMILES string of the molecule is Cc1cc(CCCOS(C)(=O)=O)cc(C#N)c1N. The fraction of sp³-hybridized carbons (Fsp3) is 0.417. The third-order valence-corrected chi connectivity index (χ3v) is 3.07. The zero-order chi connectivity index (χ0) is 13.8. The number of benzene rings is 1. The third-order valence-electron chi connectivity index (χ3n) is 2.47. The van der Waals surface area contributed by atoms with Gasteiger partial charge in [-0.2, -0.15) is 13.7 Å². The van der Waals surface area contributed by atoms with E-state index in [1.165, 1.54) is 0 Å². The van der Waals surface area contributed by atoms with Crippen LogP contribution in [0.3, 0.4) is 0 Å². The molecule has 1 aromatic carbocycles. The molecular weight excluding hydrogens is 252 g/mol. The fourth-order valence-electron chi connectivity index (χ4n) is 1.60. The first-order valence-electron chi connectivity index (χ1n) is 5.47. The van der Waals surface area contributed by atoms with Crippen LogP contribution in [0.4, 0.5) is 5.69 Å². The predicted molar refractivity (Wildman–Crippen MR) is 69.4 cm³/mol. The van der Waals surface area contributed by atoms with Crippen molar-refractivity contribution < 1.29 is 12.6 Å². The molecule has 0 saturated heterocycles. The van der Waals surface area contributed by atoms with Gasteiger partial charge in [-0.05, 0) is 37.0 Å². The molecule has 0 aliphatic rings. The van der Waals surface area contributed by atoms with Crippen molar-refractivity contribution >= 4 is 15.8 Å². The van der Waals surface area contributed by atoms with Crippen molar-refractivity contribution in [1.82, 2.24) is 0 Å². The van der Waals surface area contributed by atoms with Crippen molar-refractivity contribution in [1.29, 1.82) is 5.26 Å². The Kier molecular flexibility index (Phi) is 4.70. The maximum Gasteiger partial charge on any atom is 0.264 e. The Morgan fingerprint density at radius 1 is 1.44 bits per heavy atom. The second-order valence-electron chi connectivity index (χ2n) is 4.12. The van der Waals surface area contributed by atoms with Crippen molar-refractivity contribution in [3.8, 4) is 6.07 Å². The van der Waals surface area contributed by atoms with E-state index in [-0.39, 0.29) is 6.61 Å². The summed E-state index contributed by atoms with van der Waals surface area (Å²) >= 11 is 0. The summed E-state index contributed by atoms with van der Waals surface area (Å²) in [5.41, 5.74) is 8.50. The van der Waals surface area contributed by atoms with Gasteiger partial charge in [-0.1, -0.05) is 6.07 Å². The summed E-state index contributed by atoms with van der Waals surface area (Å²) < 4.78 is 26.2. The topological polar surface area (TPSA) is 93.2 Å². The molecule has 0 fully saturated rings. The highest BCUT2D eigenvalue weighted by atomic mass is 32.2. The molecule has 0 atom stereocenters. The number of nitrogens with two attached hydrogens (primary N) is 1. The molecule has 6 heteroatoms. The molecule has 0 unspecified atom stereocenters. The van der Waals surface area contributed by atoms with E-state index in [1.807, 2.05) is 19.1 Å². The summed E-state index contributed by atoms with van der Waals surface area (Å²) in [4.78, 5) is 0. The van der Waals surface area contributed by atoms with Crippen molar-refractivity contribution in [2.75, 3.05) is 18.6 Å². The largest absolute Gasteiger partial charge is 0.397 e. The lowest BCUT2D eigenvalue weighted by atomic mass is 10.0. The first kappa shape index (κ1) is 14.5. The third kappa shape index (κ3) is 4.35. The first-order valence-corrected chi connectivity index (χ1v) is 7.28. The Labute approximate surface area is 107 Å². The van der Waals surface area contributed by atoms with E-state index in [1.54, 1.807) is 6.07 Å². The average Bonchev–Trinajstić information content (AvgIpc) is 2.27. The van der Waals surface area contributed by atoms with Gasteiger partial charge < -0.3 is 5.73 Å². The van der Waals surface area contributed by atoms with E-state index < -0.39 is 10.1 Å². The Bertz CT molecular complexity index is 574. The summed E-state index contributed by atoms with van der Waals surface area (Å²) in [5, 5.41) is 8.91. The molecule has 1 rings (SSSR count). The minimum Gasteiger partial charge on any atom is -0.397 e. The van der Waals surface area contributed by atoms with Gasteiger partial charge >= 0.3 is 0 Å². The molecule has 0 amide bonds. The van der Waals surface area contributed by atoms with E-state index in [0.29, 0.717) is 24.1 Å². The monoisotopic (exact) mass is 268 g/mol. The number of rotatable bonds is 5. The van der Waals surface area contributed by atoms with Gasteiger partial charge in [-0.15, -0.1) is 0 Å². The maximum absolute atomic E-state index is 10.8. The van der Waals surface area contributed by atoms with Crippen molar-refractivity contribution in [2.45, 2.75) is 19.8 Å². The highest BCUT2D eigenvalue weighted by molar-refractivity contribution is 7.85. The van der Waals surface area contributed by atoms with Crippen LogP contribution in [0.5, 0.6) is 0 Å². The van der Waals surface area contributed by atoms with Crippen LogP contribution >= 0.6 is 0 Å². The van der Waals surface area contributed by atoms with E-state index in [9.17, 15) is 8.42 Å². The van der Waals surface area contributed by atoms with Crippen LogP contribution in [-0.2, 0) is 20.7 Å². The molecule has 98 valence electrons. The van der Waals surface area contributed by atoms with Gasteiger partial charge in [0, 0.05) is 0 Å². The number of hydrogen-bond donors (Lipinski definition) is 1. The molecule has 5 nitrogen and oxygen atoms in total. The molecule has 0 spiro atoms. The van der Waals surface area contributed by atoms with Crippen LogP contribution in [0, 0.1) is 18.3 Å². The zero-order valence-corrected chi connectivity index (χ0v) is 11.3. The van der Waals surface area contributed by atoms with Crippen LogP contribution in [0.15, 0.2) is 12.1 Å². The number of hydrogen-bond acceptors (Lipinski definition) is 5. The second-order valence-corrected chi connectivity index (χ2v) is 5.76. The minimum absolute atomic E-state index is 0.143. The molecule has 18 heavy (non-hydrogen) atoms. The maximum atomic E-state index is 10.8. The molecule has 0 radical (unpaired) electrons. The number of aryl methyl sites for hydroxylation is 2.